The van der Waals surface area contributed by atoms with E-state index in [1.54, 1.807) is 0 Å². The number of nitrogens with zero attached hydrogens (tertiary/aromatic N) is 3. The van der Waals surface area contributed by atoms with Crippen molar-refractivity contribution in [3.63, 3.8) is 0 Å². The fourth-order valence-electron chi connectivity index (χ4n) is 3.49. The molecule has 0 spiro atoms. The highest BCUT2D eigenvalue weighted by Crippen LogP contribution is 2.22. The van der Waals surface area contributed by atoms with Crippen LogP contribution in [-0.4, -0.2) is 74.6 Å². The van der Waals surface area contributed by atoms with Crippen molar-refractivity contribution in [1.82, 2.24) is 15.1 Å². The predicted octanol–water partition coefficient (Wildman–Crippen LogP) is 1.02. The quantitative estimate of drug-likeness (QED) is 0.900. The number of hydrogen-bond donors (Lipinski definition) is 1. The normalized spacial score (nSPS) is 21.3. The summed E-state index contributed by atoms with van der Waals surface area (Å²) in [5.74, 6) is 0.243. The molecule has 0 aliphatic carbocycles. The summed E-state index contributed by atoms with van der Waals surface area (Å²) >= 11 is 0. The van der Waals surface area contributed by atoms with Gasteiger partial charge in [-0.05, 0) is 45.1 Å². The van der Waals surface area contributed by atoms with Crippen LogP contribution >= 0.6 is 0 Å². The third-order valence-corrected chi connectivity index (χ3v) is 4.93. The summed E-state index contributed by atoms with van der Waals surface area (Å²) in [4.78, 5) is 19.7. The number of carbonyl (C=O) groups is 1. The van der Waals surface area contributed by atoms with Crippen molar-refractivity contribution in [3.05, 3.63) is 30.3 Å². The number of piperazine rings is 1. The molecule has 0 saturated carbocycles. The van der Waals surface area contributed by atoms with Gasteiger partial charge in [-0.25, -0.2) is 0 Å². The Bertz CT molecular complexity index is 493. The monoisotopic (exact) mass is 316 g/mol. The minimum absolute atomic E-state index is 0.243. The third-order valence-electron chi connectivity index (χ3n) is 4.93. The standard InChI is InChI=1S/C18H28N4O/c1-20-11-13-21(14-12-20)15-18(23)22(16-5-3-2-4-6-16)17-7-9-19-10-8-17/h2-6,17,19H,7-15H2,1H3. The first-order chi connectivity index (χ1) is 11.2. The molecule has 0 bridgehead atoms. The van der Waals surface area contributed by atoms with Gasteiger partial charge in [-0.1, -0.05) is 18.2 Å². The van der Waals surface area contributed by atoms with Crippen LogP contribution in [0.4, 0.5) is 5.69 Å². The number of piperidine rings is 1. The Morgan fingerprint density at radius 2 is 1.78 bits per heavy atom. The second-order valence-corrected chi connectivity index (χ2v) is 6.66. The number of anilines is 1. The van der Waals surface area contributed by atoms with Crippen LogP contribution in [0.1, 0.15) is 12.8 Å². The van der Waals surface area contributed by atoms with Gasteiger partial charge in [-0.15, -0.1) is 0 Å². The fourth-order valence-corrected chi connectivity index (χ4v) is 3.49. The Labute approximate surface area is 139 Å². The number of hydrogen-bond acceptors (Lipinski definition) is 4. The van der Waals surface area contributed by atoms with Crippen LogP contribution in [0.3, 0.4) is 0 Å². The number of likely N-dealkylation sites (N-methyl/N-ethyl adjacent to an activating group) is 1. The summed E-state index contributed by atoms with van der Waals surface area (Å²) in [5, 5.41) is 3.39. The summed E-state index contributed by atoms with van der Waals surface area (Å²) in [6.07, 6.45) is 2.06. The molecule has 0 aromatic heterocycles. The number of amides is 1. The molecular formula is C18H28N4O. The zero-order valence-electron chi connectivity index (χ0n) is 14.1. The average Bonchev–Trinajstić information content (AvgIpc) is 2.59. The number of carbonyl (C=O) groups excluding carboxylic acids is 1. The molecule has 23 heavy (non-hydrogen) atoms. The van der Waals surface area contributed by atoms with Crippen molar-refractivity contribution < 1.29 is 4.79 Å². The molecule has 1 aromatic rings. The molecule has 0 atom stereocenters. The van der Waals surface area contributed by atoms with E-state index < -0.39 is 0 Å². The molecule has 2 saturated heterocycles. The molecule has 2 aliphatic rings. The van der Waals surface area contributed by atoms with Gasteiger partial charge in [0.05, 0.1) is 6.54 Å². The maximum Gasteiger partial charge on any atom is 0.241 e. The lowest BCUT2D eigenvalue weighted by Crippen LogP contribution is -2.52. The van der Waals surface area contributed by atoms with Crippen molar-refractivity contribution in [3.8, 4) is 0 Å². The predicted molar refractivity (Wildman–Crippen MR) is 93.8 cm³/mol. The highest BCUT2D eigenvalue weighted by Gasteiger charge is 2.28. The largest absolute Gasteiger partial charge is 0.317 e. The molecule has 5 nitrogen and oxygen atoms in total. The number of benzene rings is 1. The van der Waals surface area contributed by atoms with E-state index in [4.69, 9.17) is 0 Å². The second-order valence-electron chi connectivity index (χ2n) is 6.66. The van der Waals surface area contributed by atoms with Gasteiger partial charge in [0.1, 0.15) is 0 Å². The summed E-state index contributed by atoms with van der Waals surface area (Å²) in [5.41, 5.74) is 1.04. The van der Waals surface area contributed by atoms with Crippen LogP contribution in [0, 0.1) is 0 Å². The van der Waals surface area contributed by atoms with Crippen LogP contribution in [-0.2, 0) is 4.79 Å². The lowest BCUT2D eigenvalue weighted by Gasteiger charge is -2.37. The van der Waals surface area contributed by atoms with Gasteiger partial charge >= 0.3 is 0 Å². The maximum atomic E-state index is 13.0. The molecule has 126 valence electrons. The molecule has 0 unspecified atom stereocenters. The number of para-hydroxylation sites is 1. The van der Waals surface area contributed by atoms with E-state index in [1.165, 1.54) is 0 Å². The van der Waals surface area contributed by atoms with Crippen molar-refractivity contribution in [1.29, 1.82) is 0 Å². The summed E-state index contributed by atoms with van der Waals surface area (Å²) < 4.78 is 0. The van der Waals surface area contributed by atoms with Crippen LogP contribution in [0.25, 0.3) is 0 Å². The van der Waals surface area contributed by atoms with Crippen molar-refractivity contribution >= 4 is 11.6 Å². The molecule has 2 fully saturated rings. The summed E-state index contributed by atoms with van der Waals surface area (Å²) in [6, 6.07) is 10.5. The van der Waals surface area contributed by atoms with E-state index in [9.17, 15) is 4.79 Å². The highest BCUT2D eigenvalue weighted by molar-refractivity contribution is 5.95. The van der Waals surface area contributed by atoms with Crippen LogP contribution in [0.5, 0.6) is 0 Å². The Morgan fingerprint density at radius 1 is 1.13 bits per heavy atom. The molecule has 2 heterocycles. The average molecular weight is 316 g/mol. The Hall–Kier alpha value is -1.43. The molecule has 1 aromatic carbocycles. The topological polar surface area (TPSA) is 38.8 Å². The lowest BCUT2D eigenvalue weighted by atomic mass is 10.0. The van der Waals surface area contributed by atoms with Crippen molar-refractivity contribution in [2.75, 3.05) is 57.8 Å². The Kier molecular flexibility index (Phi) is 5.65. The molecule has 2 aliphatic heterocycles. The van der Waals surface area contributed by atoms with Crippen molar-refractivity contribution in [2.24, 2.45) is 0 Å². The van der Waals surface area contributed by atoms with Gasteiger partial charge in [0.2, 0.25) is 5.91 Å². The lowest BCUT2D eigenvalue weighted by molar-refractivity contribution is -0.120. The minimum Gasteiger partial charge on any atom is -0.317 e. The molecule has 3 rings (SSSR count). The van der Waals surface area contributed by atoms with Gasteiger partial charge in [0.25, 0.3) is 0 Å². The van der Waals surface area contributed by atoms with Crippen LogP contribution < -0.4 is 10.2 Å². The van der Waals surface area contributed by atoms with Crippen molar-refractivity contribution in [2.45, 2.75) is 18.9 Å². The van der Waals surface area contributed by atoms with E-state index in [1.807, 2.05) is 18.2 Å². The molecular weight excluding hydrogens is 288 g/mol. The fraction of sp³-hybridized carbons (Fsp3) is 0.611. The highest BCUT2D eigenvalue weighted by atomic mass is 16.2. The van der Waals surface area contributed by atoms with E-state index >= 15 is 0 Å². The zero-order valence-corrected chi connectivity index (χ0v) is 14.1. The van der Waals surface area contributed by atoms with Crippen LogP contribution in [0.2, 0.25) is 0 Å². The Balaban J connectivity index is 1.70. The molecule has 1 N–H and O–H groups in total. The van der Waals surface area contributed by atoms with E-state index in [-0.39, 0.29) is 5.91 Å². The zero-order chi connectivity index (χ0) is 16.1. The number of rotatable bonds is 4. The van der Waals surface area contributed by atoms with Gasteiger partial charge in [0, 0.05) is 37.9 Å². The van der Waals surface area contributed by atoms with Crippen LogP contribution in [0.15, 0.2) is 30.3 Å². The second kappa shape index (κ2) is 7.90. The van der Waals surface area contributed by atoms with E-state index in [0.717, 1.165) is 57.8 Å². The molecule has 5 heteroatoms. The maximum absolute atomic E-state index is 13.0. The van der Waals surface area contributed by atoms with Gasteiger partial charge in [0.15, 0.2) is 0 Å². The SMILES string of the molecule is CN1CCN(CC(=O)N(c2ccccc2)C2CCNCC2)CC1. The van der Waals surface area contributed by atoms with E-state index in [0.29, 0.717) is 12.6 Å². The molecule has 0 radical (unpaired) electrons. The Morgan fingerprint density at radius 3 is 2.43 bits per heavy atom. The summed E-state index contributed by atoms with van der Waals surface area (Å²) in [6.45, 7) is 6.59. The van der Waals surface area contributed by atoms with E-state index in [2.05, 4.69) is 39.2 Å². The smallest absolute Gasteiger partial charge is 0.241 e. The van der Waals surface area contributed by atoms with Gasteiger partial charge < -0.3 is 15.1 Å². The molecule has 1 amide bonds. The third kappa shape index (κ3) is 4.31. The van der Waals surface area contributed by atoms with Gasteiger partial charge in [-0.2, -0.15) is 0 Å². The van der Waals surface area contributed by atoms with Gasteiger partial charge in [-0.3, -0.25) is 9.69 Å². The number of nitrogens with one attached hydrogen (secondary N) is 1. The first-order valence-electron chi connectivity index (χ1n) is 8.73. The first-order valence-corrected chi connectivity index (χ1v) is 8.73. The minimum atomic E-state index is 0.243. The first kappa shape index (κ1) is 16.4. The summed E-state index contributed by atoms with van der Waals surface area (Å²) in [7, 11) is 2.14.